The number of pyridine rings is 1. The van der Waals surface area contributed by atoms with Crippen LogP contribution in [0.1, 0.15) is 55.5 Å². The van der Waals surface area contributed by atoms with Crippen molar-refractivity contribution in [3.63, 3.8) is 0 Å². The smallest absolute Gasteiger partial charge is 0.165 e. The van der Waals surface area contributed by atoms with Gasteiger partial charge in [-0.1, -0.05) is 13.8 Å². The number of rotatable bonds is 5. The van der Waals surface area contributed by atoms with Crippen LogP contribution in [0.15, 0.2) is 18.5 Å². The lowest BCUT2D eigenvalue weighted by molar-refractivity contribution is -0.116. The Morgan fingerprint density at radius 3 is 2.56 bits per heavy atom. The highest BCUT2D eigenvalue weighted by Crippen LogP contribution is 2.19. The molecule has 1 aromatic rings. The summed E-state index contributed by atoms with van der Waals surface area (Å²) < 4.78 is 0. The maximum absolute atomic E-state index is 11.9. The fourth-order valence-electron chi connectivity index (χ4n) is 1.57. The summed E-state index contributed by atoms with van der Waals surface area (Å²) in [4.78, 5) is 26.7. The van der Waals surface area contributed by atoms with Gasteiger partial charge in [-0.15, -0.1) is 0 Å². The lowest BCUT2D eigenvalue weighted by Gasteiger charge is -2.10. The van der Waals surface area contributed by atoms with Gasteiger partial charge >= 0.3 is 0 Å². The summed E-state index contributed by atoms with van der Waals surface area (Å²) in [5, 5.41) is 0. The van der Waals surface area contributed by atoms with Crippen molar-refractivity contribution >= 4 is 11.6 Å². The standard InChI is InChI=1S/C13H17NO2/c1-9(2)11-6-7-14-8-12(11)13(16)5-4-10(3)15/h6-9H,4-5H2,1-3H3. The van der Waals surface area contributed by atoms with Crippen LogP contribution in [0.4, 0.5) is 0 Å². The molecule has 0 aliphatic heterocycles. The third-order valence-corrected chi connectivity index (χ3v) is 2.48. The second-order valence-corrected chi connectivity index (χ2v) is 4.24. The lowest BCUT2D eigenvalue weighted by atomic mass is 9.95. The number of Topliss-reactive ketones (excluding diaryl/α,β-unsaturated/α-hetero) is 2. The molecule has 0 aromatic carbocycles. The van der Waals surface area contributed by atoms with Gasteiger partial charge in [0.1, 0.15) is 5.78 Å². The summed E-state index contributed by atoms with van der Waals surface area (Å²) >= 11 is 0. The van der Waals surface area contributed by atoms with Crippen LogP contribution in [0.2, 0.25) is 0 Å². The fraction of sp³-hybridized carbons (Fsp3) is 0.462. The molecule has 0 aliphatic carbocycles. The van der Waals surface area contributed by atoms with Crippen molar-refractivity contribution in [3.05, 3.63) is 29.6 Å². The van der Waals surface area contributed by atoms with Crippen LogP contribution in [-0.2, 0) is 4.79 Å². The third kappa shape index (κ3) is 3.26. The minimum atomic E-state index is 0.00648. The predicted octanol–water partition coefficient (Wildman–Crippen LogP) is 2.76. The highest BCUT2D eigenvalue weighted by atomic mass is 16.1. The molecular formula is C13H17NO2. The first kappa shape index (κ1) is 12.6. The molecule has 3 heteroatoms. The summed E-state index contributed by atoms with van der Waals surface area (Å²) in [6, 6.07) is 1.87. The minimum absolute atomic E-state index is 0.00648. The molecule has 0 atom stereocenters. The molecule has 0 aliphatic rings. The van der Waals surface area contributed by atoms with Gasteiger partial charge in [0.15, 0.2) is 5.78 Å². The molecule has 0 bridgehead atoms. The number of carbonyl (C=O) groups is 2. The Morgan fingerprint density at radius 2 is 2.00 bits per heavy atom. The van der Waals surface area contributed by atoms with Gasteiger partial charge in [-0.05, 0) is 24.5 Å². The number of ketones is 2. The second kappa shape index (κ2) is 5.54. The highest BCUT2D eigenvalue weighted by molar-refractivity contribution is 5.99. The van der Waals surface area contributed by atoms with E-state index in [1.165, 1.54) is 6.92 Å². The first-order valence-electron chi connectivity index (χ1n) is 5.49. The maximum atomic E-state index is 11.9. The number of aromatic nitrogens is 1. The van der Waals surface area contributed by atoms with Crippen molar-refractivity contribution in [2.75, 3.05) is 0 Å². The molecule has 16 heavy (non-hydrogen) atoms. The average molecular weight is 219 g/mol. The van der Waals surface area contributed by atoms with Crippen LogP contribution in [0.25, 0.3) is 0 Å². The average Bonchev–Trinajstić information content (AvgIpc) is 2.25. The van der Waals surface area contributed by atoms with Crippen molar-refractivity contribution in [1.29, 1.82) is 0 Å². The van der Waals surface area contributed by atoms with E-state index in [4.69, 9.17) is 0 Å². The van der Waals surface area contributed by atoms with E-state index in [0.29, 0.717) is 17.9 Å². The van der Waals surface area contributed by atoms with Gasteiger partial charge in [0.25, 0.3) is 0 Å². The van der Waals surface area contributed by atoms with Crippen LogP contribution in [0, 0.1) is 0 Å². The second-order valence-electron chi connectivity index (χ2n) is 4.24. The Balaban J connectivity index is 2.86. The summed E-state index contributed by atoms with van der Waals surface area (Å²) in [6.07, 6.45) is 3.88. The predicted molar refractivity (Wildman–Crippen MR) is 62.6 cm³/mol. The Hall–Kier alpha value is -1.51. The molecule has 0 N–H and O–H groups in total. The van der Waals surface area contributed by atoms with Gasteiger partial charge < -0.3 is 4.79 Å². The SMILES string of the molecule is CC(=O)CCC(=O)c1cnccc1C(C)C. The van der Waals surface area contributed by atoms with Crippen LogP contribution in [-0.4, -0.2) is 16.6 Å². The van der Waals surface area contributed by atoms with E-state index in [0.717, 1.165) is 5.56 Å². The zero-order valence-corrected chi connectivity index (χ0v) is 9.99. The number of hydrogen-bond donors (Lipinski definition) is 0. The van der Waals surface area contributed by atoms with Crippen LogP contribution >= 0.6 is 0 Å². The van der Waals surface area contributed by atoms with E-state index >= 15 is 0 Å². The third-order valence-electron chi connectivity index (χ3n) is 2.48. The Morgan fingerprint density at radius 1 is 1.31 bits per heavy atom. The van der Waals surface area contributed by atoms with E-state index in [9.17, 15) is 9.59 Å². The first-order valence-corrected chi connectivity index (χ1v) is 5.49. The molecule has 0 spiro atoms. The Labute approximate surface area is 95.9 Å². The van der Waals surface area contributed by atoms with Crippen molar-refractivity contribution in [2.45, 2.75) is 39.5 Å². The molecule has 0 amide bonds. The van der Waals surface area contributed by atoms with Gasteiger partial charge in [0, 0.05) is 30.8 Å². The molecule has 1 heterocycles. The van der Waals surface area contributed by atoms with E-state index < -0.39 is 0 Å². The molecule has 0 saturated heterocycles. The van der Waals surface area contributed by atoms with E-state index in [-0.39, 0.29) is 18.0 Å². The Kier molecular flexibility index (Phi) is 4.35. The lowest BCUT2D eigenvalue weighted by Crippen LogP contribution is -2.07. The van der Waals surface area contributed by atoms with Gasteiger partial charge in [0.05, 0.1) is 0 Å². The van der Waals surface area contributed by atoms with Crippen LogP contribution < -0.4 is 0 Å². The fourth-order valence-corrected chi connectivity index (χ4v) is 1.57. The monoisotopic (exact) mass is 219 g/mol. The molecule has 0 fully saturated rings. The topological polar surface area (TPSA) is 47.0 Å². The molecule has 1 rings (SSSR count). The van der Waals surface area contributed by atoms with Gasteiger partial charge in [0.2, 0.25) is 0 Å². The summed E-state index contributed by atoms with van der Waals surface area (Å²) in [7, 11) is 0. The normalized spacial score (nSPS) is 10.5. The first-order chi connectivity index (χ1) is 7.52. The van der Waals surface area contributed by atoms with Crippen molar-refractivity contribution in [3.8, 4) is 0 Å². The zero-order chi connectivity index (χ0) is 12.1. The number of carbonyl (C=O) groups excluding carboxylic acids is 2. The van der Waals surface area contributed by atoms with Gasteiger partial charge in [-0.25, -0.2) is 0 Å². The summed E-state index contributed by atoms with van der Waals surface area (Å²) in [5.74, 6) is 0.342. The molecule has 0 unspecified atom stereocenters. The molecule has 0 saturated carbocycles. The quantitative estimate of drug-likeness (QED) is 0.715. The highest BCUT2D eigenvalue weighted by Gasteiger charge is 2.13. The molecule has 0 radical (unpaired) electrons. The van der Waals surface area contributed by atoms with E-state index in [1.54, 1.807) is 12.4 Å². The largest absolute Gasteiger partial charge is 0.300 e. The van der Waals surface area contributed by atoms with Gasteiger partial charge in [-0.3, -0.25) is 9.78 Å². The molecule has 3 nitrogen and oxygen atoms in total. The van der Waals surface area contributed by atoms with Crippen molar-refractivity contribution < 1.29 is 9.59 Å². The maximum Gasteiger partial charge on any atom is 0.165 e. The van der Waals surface area contributed by atoms with Crippen LogP contribution in [0.5, 0.6) is 0 Å². The van der Waals surface area contributed by atoms with E-state index in [1.807, 2.05) is 19.9 Å². The zero-order valence-electron chi connectivity index (χ0n) is 9.99. The Bertz CT molecular complexity index is 397. The van der Waals surface area contributed by atoms with Crippen molar-refractivity contribution in [1.82, 2.24) is 4.98 Å². The summed E-state index contributed by atoms with van der Waals surface area (Å²) in [5.41, 5.74) is 1.65. The molecule has 1 aromatic heterocycles. The molecular weight excluding hydrogens is 202 g/mol. The molecule has 86 valence electrons. The van der Waals surface area contributed by atoms with Crippen LogP contribution in [0.3, 0.4) is 0 Å². The van der Waals surface area contributed by atoms with Crippen molar-refractivity contribution in [2.24, 2.45) is 0 Å². The summed E-state index contributed by atoms with van der Waals surface area (Å²) in [6.45, 7) is 5.58. The number of hydrogen-bond acceptors (Lipinski definition) is 3. The van der Waals surface area contributed by atoms with Gasteiger partial charge in [-0.2, -0.15) is 0 Å². The minimum Gasteiger partial charge on any atom is -0.300 e. The van der Waals surface area contributed by atoms with E-state index in [2.05, 4.69) is 4.98 Å². The number of nitrogens with zero attached hydrogens (tertiary/aromatic N) is 1.